The van der Waals surface area contributed by atoms with Gasteiger partial charge in [0.2, 0.25) is 0 Å². The minimum absolute atomic E-state index is 0.0942. The average molecular weight is 482 g/mol. The van der Waals surface area contributed by atoms with Crippen LogP contribution in [0.5, 0.6) is 0 Å². The molecule has 0 radical (unpaired) electrons. The van der Waals surface area contributed by atoms with Crippen LogP contribution in [0.1, 0.15) is 27.4 Å². The van der Waals surface area contributed by atoms with Gasteiger partial charge in [-0.25, -0.2) is 18.9 Å². The number of aromatic nitrogens is 5. The van der Waals surface area contributed by atoms with Crippen molar-refractivity contribution in [2.45, 2.75) is 25.0 Å². The maximum Gasteiger partial charge on any atom is 0.280 e. The standard InChI is InChI=1S/C23H23FN8O3/c1-25-16-11-19(28-15-6-4-10-31(23(15)34)20-13(24)5-3-9-26-20)30-32-17(12-27-21(16)32)22(33)29-14-7-8-18(14)35-2/h3-6,9-12,14,18,25H,7-8H2,1-2H3,(H,28,30)(H,29,33)/i2D3. The summed E-state index contributed by atoms with van der Waals surface area (Å²) in [5, 5.41) is 13.1. The number of nitrogens with zero attached hydrogens (tertiary/aromatic N) is 5. The number of halogens is 1. The van der Waals surface area contributed by atoms with E-state index in [0.717, 1.165) is 4.57 Å². The summed E-state index contributed by atoms with van der Waals surface area (Å²) in [5.41, 5.74) is 0.498. The lowest BCUT2D eigenvalue weighted by Gasteiger charge is -2.35. The molecule has 1 saturated carbocycles. The Balaban J connectivity index is 1.44. The molecule has 3 N–H and O–H groups in total. The fourth-order valence-corrected chi connectivity index (χ4v) is 3.83. The normalized spacial score (nSPS) is 18.7. The number of amides is 1. The Kier molecular flexibility index (Phi) is 4.97. The summed E-state index contributed by atoms with van der Waals surface area (Å²) < 4.78 is 43.5. The smallest absolute Gasteiger partial charge is 0.280 e. The van der Waals surface area contributed by atoms with Crippen molar-refractivity contribution >= 4 is 28.7 Å². The highest BCUT2D eigenvalue weighted by atomic mass is 19.1. The van der Waals surface area contributed by atoms with Crippen LogP contribution in [-0.2, 0) is 4.74 Å². The Hall–Kier alpha value is -4.32. The molecule has 4 aromatic rings. The zero-order valence-corrected chi connectivity index (χ0v) is 18.5. The number of fused-ring (bicyclic) bond motifs is 1. The summed E-state index contributed by atoms with van der Waals surface area (Å²) in [7, 11) is -0.891. The Labute approximate surface area is 203 Å². The molecule has 0 saturated heterocycles. The van der Waals surface area contributed by atoms with Gasteiger partial charge in [0.05, 0.1) is 28.1 Å². The third-order valence-corrected chi connectivity index (χ3v) is 5.83. The number of anilines is 3. The molecule has 35 heavy (non-hydrogen) atoms. The molecule has 12 heteroatoms. The molecule has 1 aliphatic rings. The van der Waals surface area contributed by atoms with E-state index in [1.54, 1.807) is 19.2 Å². The quantitative estimate of drug-likeness (QED) is 0.366. The molecule has 1 fully saturated rings. The van der Waals surface area contributed by atoms with Gasteiger partial charge in [0.1, 0.15) is 5.69 Å². The maximum absolute atomic E-state index is 14.2. The van der Waals surface area contributed by atoms with Crippen LogP contribution in [0.3, 0.4) is 0 Å². The predicted molar refractivity (Wildman–Crippen MR) is 127 cm³/mol. The third kappa shape index (κ3) is 4.08. The molecule has 0 bridgehead atoms. The van der Waals surface area contributed by atoms with E-state index in [1.807, 2.05) is 0 Å². The lowest BCUT2D eigenvalue weighted by molar-refractivity contribution is 0.00718. The van der Waals surface area contributed by atoms with E-state index in [4.69, 9.17) is 8.85 Å². The van der Waals surface area contributed by atoms with Gasteiger partial charge in [-0.2, -0.15) is 0 Å². The number of methoxy groups -OCH3 is 1. The number of nitrogens with one attached hydrogen (secondary N) is 3. The molecular formula is C23H23FN8O3. The molecule has 0 aliphatic heterocycles. The highest BCUT2D eigenvalue weighted by molar-refractivity contribution is 5.94. The van der Waals surface area contributed by atoms with Gasteiger partial charge in [-0.15, -0.1) is 5.10 Å². The molecule has 180 valence electrons. The van der Waals surface area contributed by atoms with Gasteiger partial charge in [0.25, 0.3) is 11.5 Å². The zero-order valence-electron chi connectivity index (χ0n) is 21.5. The second-order valence-electron chi connectivity index (χ2n) is 7.92. The van der Waals surface area contributed by atoms with Crippen LogP contribution in [0.25, 0.3) is 11.5 Å². The number of pyridine rings is 2. The number of carbonyl (C=O) groups is 1. The van der Waals surface area contributed by atoms with Crippen molar-refractivity contribution in [1.29, 1.82) is 0 Å². The van der Waals surface area contributed by atoms with Crippen molar-refractivity contribution in [3.8, 4) is 5.82 Å². The second kappa shape index (κ2) is 9.14. The minimum Gasteiger partial charge on any atom is -0.385 e. The van der Waals surface area contributed by atoms with Gasteiger partial charge in [0.15, 0.2) is 28.8 Å². The van der Waals surface area contributed by atoms with Crippen LogP contribution in [0.4, 0.5) is 21.6 Å². The molecule has 4 aromatic heterocycles. The van der Waals surface area contributed by atoms with E-state index in [1.165, 1.54) is 41.3 Å². The van der Waals surface area contributed by atoms with Gasteiger partial charge in [-0.1, -0.05) is 0 Å². The summed E-state index contributed by atoms with van der Waals surface area (Å²) >= 11 is 0. The van der Waals surface area contributed by atoms with Gasteiger partial charge in [0, 0.05) is 32.5 Å². The first-order valence-corrected chi connectivity index (χ1v) is 10.8. The van der Waals surface area contributed by atoms with Crippen LogP contribution in [-0.4, -0.2) is 56.3 Å². The highest BCUT2D eigenvalue weighted by Gasteiger charge is 2.33. The molecular weight excluding hydrogens is 455 g/mol. The van der Waals surface area contributed by atoms with Crippen molar-refractivity contribution in [3.63, 3.8) is 0 Å². The molecule has 2 atom stereocenters. The number of ether oxygens (including phenoxy) is 1. The summed E-state index contributed by atoms with van der Waals surface area (Å²) in [4.78, 5) is 34.4. The number of carbonyl (C=O) groups excluding carboxylic acids is 1. The molecule has 1 aliphatic carbocycles. The SMILES string of the molecule is [2H]C([2H])([2H])OC1CCC1NC(=O)c1cnc2c(NC)cc(Nc3cccn(-c4ncccc4F)c3=O)nn12. The Morgan fingerprint density at radius 1 is 1.26 bits per heavy atom. The number of imidazole rings is 1. The number of rotatable bonds is 7. The van der Waals surface area contributed by atoms with E-state index in [-0.39, 0.29) is 23.0 Å². The van der Waals surface area contributed by atoms with Crippen molar-refractivity contribution in [2.24, 2.45) is 0 Å². The van der Waals surface area contributed by atoms with Crippen LogP contribution in [0.2, 0.25) is 0 Å². The fraction of sp³-hybridized carbons (Fsp3) is 0.261. The first-order valence-electron chi connectivity index (χ1n) is 12.3. The Morgan fingerprint density at radius 2 is 2.14 bits per heavy atom. The van der Waals surface area contributed by atoms with E-state index in [0.29, 0.717) is 24.2 Å². The molecule has 2 unspecified atom stereocenters. The largest absolute Gasteiger partial charge is 0.385 e. The van der Waals surface area contributed by atoms with Crippen LogP contribution >= 0.6 is 0 Å². The molecule has 0 spiro atoms. The first kappa shape index (κ1) is 19.0. The summed E-state index contributed by atoms with van der Waals surface area (Å²) in [5.74, 6) is -1.11. The van der Waals surface area contributed by atoms with E-state index < -0.39 is 36.5 Å². The van der Waals surface area contributed by atoms with Crippen molar-refractivity contribution in [2.75, 3.05) is 24.7 Å². The highest BCUT2D eigenvalue weighted by Crippen LogP contribution is 2.24. The lowest BCUT2D eigenvalue weighted by atomic mass is 9.89. The third-order valence-electron chi connectivity index (χ3n) is 5.83. The topological polar surface area (TPSA) is 127 Å². The summed E-state index contributed by atoms with van der Waals surface area (Å²) in [6.45, 7) is 0. The van der Waals surface area contributed by atoms with Gasteiger partial charge in [-0.05, 0) is 37.1 Å². The van der Waals surface area contributed by atoms with E-state index in [9.17, 15) is 14.0 Å². The Morgan fingerprint density at radius 3 is 2.89 bits per heavy atom. The predicted octanol–water partition coefficient (Wildman–Crippen LogP) is 2.11. The summed E-state index contributed by atoms with van der Waals surface area (Å²) in [6.07, 6.45) is 4.60. The van der Waals surface area contributed by atoms with Crippen LogP contribution in [0.15, 0.2) is 53.7 Å². The molecule has 11 nitrogen and oxygen atoms in total. The molecule has 5 rings (SSSR count). The average Bonchev–Trinajstić information content (AvgIpc) is 3.30. The lowest BCUT2D eigenvalue weighted by Crippen LogP contribution is -2.51. The second-order valence-corrected chi connectivity index (χ2v) is 7.92. The zero-order chi connectivity index (χ0) is 27.0. The molecule has 1 amide bonds. The van der Waals surface area contributed by atoms with Gasteiger partial charge < -0.3 is 20.7 Å². The van der Waals surface area contributed by atoms with Crippen molar-refractivity contribution in [3.05, 3.63) is 70.8 Å². The van der Waals surface area contributed by atoms with Gasteiger partial charge >= 0.3 is 0 Å². The fourth-order valence-electron chi connectivity index (χ4n) is 3.83. The molecule has 4 heterocycles. The number of hydrogen-bond acceptors (Lipinski definition) is 8. The minimum atomic E-state index is -2.56. The van der Waals surface area contributed by atoms with Crippen LogP contribution < -0.4 is 21.5 Å². The van der Waals surface area contributed by atoms with Crippen molar-refractivity contribution in [1.82, 2.24) is 29.5 Å². The molecule has 0 aromatic carbocycles. The summed E-state index contributed by atoms with van der Waals surface area (Å²) in [6, 6.07) is 6.84. The monoisotopic (exact) mass is 481 g/mol. The maximum atomic E-state index is 14.2. The van der Waals surface area contributed by atoms with Gasteiger partial charge in [-0.3, -0.25) is 14.2 Å². The Bertz CT molecular complexity index is 1570. The van der Waals surface area contributed by atoms with E-state index in [2.05, 4.69) is 31.0 Å². The van der Waals surface area contributed by atoms with E-state index >= 15 is 0 Å². The van der Waals surface area contributed by atoms with Crippen molar-refractivity contribution < 1.29 is 18.0 Å². The first-order chi connectivity index (χ1) is 18.1. The van der Waals surface area contributed by atoms with Crippen LogP contribution in [0, 0.1) is 5.82 Å². The number of hydrogen-bond donors (Lipinski definition) is 3.